The van der Waals surface area contributed by atoms with Crippen LogP contribution in [0.15, 0.2) is 63.8 Å². The van der Waals surface area contributed by atoms with Crippen molar-refractivity contribution >= 4 is 34.8 Å². The van der Waals surface area contributed by atoms with Crippen LogP contribution in [0.4, 0.5) is 0 Å². The summed E-state index contributed by atoms with van der Waals surface area (Å²) in [5.74, 6) is 2.02. The number of rotatable bonds is 4. The summed E-state index contributed by atoms with van der Waals surface area (Å²) in [6.45, 7) is 1.86. The molecule has 1 N–H and O–H groups in total. The highest BCUT2D eigenvalue weighted by atomic mass is 35.5. The van der Waals surface area contributed by atoms with Gasteiger partial charge in [-0.15, -0.1) is 0 Å². The molecule has 0 amide bonds. The van der Waals surface area contributed by atoms with Crippen molar-refractivity contribution in [3.63, 3.8) is 0 Å². The first-order valence-electron chi connectivity index (χ1n) is 10.1. The van der Waals surface area contributed by atoms with E-state index in [1.165, 1.54) is 0 Å². The van der Waals surface area contributed by atoms with Gasteiger partial charge in [-0.1, -0.05) is 34.8 Å². The molecule has 0 bridgehead atoms. The molecule has 0 fully saturated rings. The van der Waals surface area contributed by atoms with E-state index in [1.54, 1.807) is 30.3 Å². The van der Waals surface area contributed by atoms with E-state index in [2.05, 4.69) is 9.88 Å². The lowest BCUT2D eigenvalue weighted by molar-refractivity contribution is 0.223. The van der Waals surface area contributed by atoms with Crippen LogP contribution < -0.4 is 5.56 Å². The highest BCUT2D eigenvalue weighted by Crippen LogP contribution is 2.32. The van der Waals surface area contributed by atoms with Crippen molar-refractivity contribution in [1.29, 1.82) is 0 Å². The Bertz CT molecular complexity index is 1350. The molecule has 5 rings (SSSR count). The fourth-order valence-electron chi connectivity index (χ4n) is 3.87. The maximum atomic E-state index is 12.8. The lowest BCUT2D eigenvalue weighted by Gasteiger charge is -2.26. The smallest absolute Gasteiger partial charge is 0.255 e. The second kappa shape index (κ2) is 8.75. The van der Waals surface area contributed by atoms with Crippen LogP contribution in [0.5, 0.6) is 0 Å². The number of H-pyrrole nitrogens is 1. The lowest BCUT2D eigenvalue weighted by atomic mass is 10.1. The first kappa shape index (κ1) is 21.3. The topological polar surface area (TPSA) is 62.1 Å². The van der Waals surface area contributed by atoms with Crippen LogP contribution in [0.1, 0.15) is 17.0 Å². The number of hydrogen-bond donors (Lipinski definition) is 1. The average molecular weight is 487 g/mol. The number of aromatic amines is 1. The summed E-state index contributed by atoms with van der Waals surface area (Å²) >= 11 is 18.3. The van der Waals surface area contributed by atoms with Gasteiger partial charge in [0.25, 0.3) is 5.56 Å². The van der Waals surface area contributed by atoms with Crippen molar-refractivity contribution in [1.82, 2.24) is 14.9 Å². The number of hydrogen-bond acceptors (Lipinski definition) is 4. The Morgan fingerprint density at radius 1 is 1.00 bits per heavy atom. The summed E-state index contributed by atoms with van der Waals surface area (Å²) in [6.07, 6.45) is 0.688. The quantitative estimate of drug-likeness (QED) is 0.372. The molecule has 5 nitrogen and oxygen atoms in total. The predicted octanol–water partition coefficient (Wildman–Crippen LogP) is 6.22. The summed E-state index contributed by atoms with van der Waals surface area (Å²) in [5, 5.41) is 1.82. The largest absolute Gasteiger partial charge is 0.460 e. The molecule has 0 saturated carbocycles. The number of nitrogens with one attached hydrogen (secondary N) is 1. The fraction of sp³-hybridized carbons (Fsp3) is 0.167. The highest BCUT2D eigenvalue weighted by molar-refractivity contribution is 6.35. The third-order valence-corrected chi connectivity index (χ3v) is 6.32. The van der Waals surface area contributed by atoms with E-state index in [1.807, 2.05) is 24.3 Å². The molecule has 32 heavy (non-hydrogen) atoms. The second-order valence-electron chi connectivity index (χ2n) is 7.70. The van der Waals surface area contributed by atoms with Crippen molar-refractivity contribution in [2.45, 2.75) is 19.5 Å². The standard InChI is InChI=1S/C24H18Cl3N3O2/c25-15-3-1-14(2-4-15)23-28-21-9-10-30(13-19(21)24(31)29-23)12-17-6-8-22(32-17)18-11-16(26)5-7-20(18)27/h1-8,11H,9-10,12-13H2,(H,28,29,31). The minimum absolute atomic E-state index is 0.115. The molecule has 0 unspecified atom stereocenters. The van der Waals surface area contributed by atoms with Gasteiger partial charge in [0.2, 0.25) is 0 Å². The molecule has 8 heteroatoms. The molecule has 0 saturated heterocycles. The first-order valence-corrected chi connectivity index (χ1v) is 11.2. The van der Waals surface area contributed by atoms with Gasteiger partial charge in [0.1, 0.15) is 17.3 Å². The van der Waals surface area contributed by atoms with Crippen molar-refractivity contribution < 1.29 is 4.42 Å². The Balaban J connectivity index is 1.34. The number of benzene rings is 2. The van der Waals surface area contributed by atoms with E-state index < -0.39 is 0 Å². The van der Waals surface area contributed by atoms with E-state index in [4.69, 9.17) is 44.2 Å². The molecule has 162 valence electrons. The molecule has 1 aliphatic rings. The van der Waals surface area contributed by atoms with Crippen molar-refractivity contribution in [3.8, 4) is 22.7 Å². The maximum Gasteiger partial charge on any atom is 0.255 e. The highest BCUT2D eigenvalue weighted by Gasteiger charge is 2.22. The van der Waals surface area contributed by atoms with E-state index >= 15 is 0 Å². The molecule has 0 atom stereocenters. The van der Waals surface area contributed by atoms with Crippen molar-refractivity contribution in [2.24, 2.45) is 0 Å². The molecule has 3 heterocycles. The number of nitrogens with zero attached hydrogens (tertiary/aromatic N) is 2. The van der Waals surface area contributed by atoms with Crippen LogP contribution >= 0.6 is 34.8 Å². The summed E-state index contributed by atoms with van der Waals surface area (Å²) in [4.78, 5) is 22.6. The van der Waals surface area contributed by atoms with Gasteiger partial charge in [-0.2, -0.15) is 0 Å². The van der Waals surface area contributed by atoms with Gasteiger partial charge in [0, 0.05) is 40.7 Å². The minimum atomic E-state index is -0.115. The Labute approximate surface area is 199 Å². The van der Waals surface area contributed by atoms with Crippen LogP contribution in [0, 0.1) is 0 Å². The first-order chi connectivity index (χ1) is 15.5. The van der Waals surface area contributed by atoms with Gasteiger partial charge in [-0.25, -0.2) is 4.98 Å². The van der Waals surface area contributed by atoms with E-state index in [9.17, 15) is 4.79 Å². The van der Waals surface area contributed by atoms with Crippen LogP contribution in [-0.4, -0.2) is 21.4 Å². The van der Waals surface area contributed by atoms with Crippen LogP contribution in [0.25, 0.3) is 22.7 Å². The van der Waals surface area contributed by atoms with Gasteiger partial charge >= 0.3 is 0 Å². The lowest BCUT2D eigenvalue weighted by Crippen LogP contribution is -2.35. The zero-order valence-corrected chi connectivity index (χ0v) is 19.1. The Hall–Kier alpha value is -2.57. The van der Waals surface area contributed by atoms with Crippen molar-refractivity contribution in [3.05, 3.63) is 97.0 Å². The molecular weight excluding hydrogens is 469 g/mol. The molecule has 0 aliphatic carbocycles. The van der Waals surface area contributed by atoms with Crippen LogP contribution in [0.3, 0.4) is 0 Å². The van der Waals surface area contributed by atoms with Crippen molar-refractivity contribution in [2.75, 3.05) is 6.54 Å². The van der Waals surface area contributed by atoms with Gasteiger partial charge in [0.15, 0.2) is 0 Å². The number of fused-ring (bicyclic) bond motifs is 1. The number of aromatic nitrogens is 2. The SMILES string of the molecule is O=c1[nH]c(-c2ccc(Cl)cc2)nc2c1CN(Cc1ccc(-c3cc(Cl)ccc3Cl)o1)CC2. The number of furan rings is 1. The van der Waals surface area contributed by atoms with E-state index in [0.29, 0.717) is 51.7 Å². The third kappa shape index (κ3) is 4.34. The normalized spacial score (nSPS) is 13.8. The summed E-state index contributed by atoms with van der Waals surface area (Å²) in [6, 6.07) is 16.4. The maximum absolute atomic E-state index is 12.8. The zero-order chi connectivity index (χ0) is 22.2. The van der Waals surface area contributed by atoms with Gasteiger partial charge < -0.3 is 9.40 Å². The van der Waals surface area contributed by atoms with Gasteiger partial charge in [-0.3, -0.25) is 9.69 Å². The van der Waals surface area contributed by atoms with E-state index in [0.717, 1.165) is 29.1 Å². The molecule has 0 spiro atoms. The minimum Gasteiger partial charge on any atom is -0.460 e. The Morgan fingerprint density at radius 2 is 1.78 bits per heavy atom. The monoisotopic (exact) mass is 485 g/mol. The van der Waals surface area contributed by atoms with Gasteiger partial charge in [-0.05, 0) is 54.6 Å². The third-order valence-electron chi connectivity index (χ3n) is 5.50. The van der Waals surface area contributed by atoms with Crippen LogP contribution in [0.2, 0.25) is 15.1 Å². The molecule has 1 aliphatic heterocycles. The van der Waals surface area contributed by atoms with Crippen LogP contribution in [-0.2, 0) is 19.5 Å². The molecule has 2 aromatic carbocycles. The molecule has 2 aromatic heterocycles. The summed E-state index contributed by atoms with van der Waals surface area (Å²) < 4.78 is 6.02. The van der Waals surface area contributed by atoms with Gasteiger partial charge in [0.05, 0.1) is 22.8 Å². The zero-order valence-electron chi connectivity index (χ0n) is 16.9. The fourth-order valence-corrected chi connectivity index (χ4v) is 4.38. The summed E-state index contributed by atoms with van der Waals surface area (Å²) in [5.41, 5.74) is 3.00. The molecular formula is C24H18Cl3N3O2. The Kier molecular flexibility index (Phi) is 5.82. The van der Waals surface area contributed by atoms with E-state index in [-0.39, 0.29) is 5.56 Å². The summed E-state index contributed by atoms with van der Waals surface area (Å²) in [7, 11) is 0. The number of halogens is 3. The molecule has 0 radical (unpaired) electrons. The predicted molar refractivity (Wildman–Crippen MR) is 127 cm³/mol. The Morgan fingerprint density at radius 3 is 2.59 bits per heavy atom. The average Bonchev–Trinajstić information content (AvgIpc) is 3.24. The molecule has 4 aromatic rings. The second-order valence-corrected chi connectivity index (χ2v) is 8.98.